The monoisotopic (exact) mass is 324 g/mol. The van der Waals surface area contributed by atoms with E-state index >= 15 is 0 Å². The first kappa shape index (κ1) is 14.5. The maximum atomic E-state index is 12.2. The molecule has 3 atom stereocenters. The summed E-state index contributed by atoms with van der Waals surface area (Å²) in [5.41, 5.74) is 1.12. The molecule has 1 aliphatic heterocycles. The summed E-state index contributed by atoms with van der Waals surface area (Å²) in [6.45, 7) is 5.16. The maximum absolute atomic E-state index is 12.2. The molecule has 0 spiro atoms. The van der Waals surface area contributed by atoms with Crippen LogP contribution in [0, 0.1) is 5.92 Å². The van der Waals surface area contributed by atoms with Crippen LogP contribution in [0.3, 0.4) is 0 Å². The van der Waals surface area contributed by atoms with E-state index in [4.69, 9.17) is 0 Å². The molecule has 2 unspecified atom stereocenters. The van der Waals surface area contributed by atoms with Gasteiger partial charge in [0.1, 0.15) is 0 Å². The van der Waals surface area contributed by atoms with Gasteiger partial charge in [0.05, 0.1) is 12.1 Å². The number of rotatable bonds is 3. The molecule has 1 saturated heterocycles. The van der Waals surface area contributed by atoms with E-state index in [1.54, 1.807) is 0 Å². The first-order valence-electron chi connectivity index (χ1n) is 6.85. The van der Waals surface area contributed by atoms with E-state index in [9.17, 15) is 4.79 Å². The summed E-state index contributed by atoms with van der Waals surface area (Å²) in [5, 5.41) is 6.39. The fourth-order valence-electron chi connectivity index (χ4n) is 2.48. The zero-order valence-corrected chi connectivity index (χ0v) is 13.0. The van der Waals surface area contributed by atoms with Gasteiger partial charge in [-0.15, -0.1) is 0 Å². The highest BCUT2D eigenvalue weighted by molar-refractivity contribution is 9.10. The fourth-order valence-corrected chi connectivity index (χ4v) is 2.90. The second-order valence-electron chi connectivity index (χ2n) is 5.42. The Morgan fingerprint density at radius 3 is 3.00 bits per heavy atom. The first-order chi connectivity index (χ1) is 9.06. The van der Waals surface area contributed by atoms with Crippen molar-refractivity contribution in [3.63, 3.8) is 0 Å². The number of benzene rings is 1. The lowest BCUT2D eigenvalue weighted by Gasteiger charge is -2.28. The molecule has 1 amide bonds. The van der Waals surface area contributed by atoms with Crippen molar-refractivity contribution in [1.82, 2.24) is 10.6 Å². The first-order valence-corrected chi connectivity index (χ1v) is 7.65. The molecule has 1 fully saturated rings. The van der Waals surface area contributed by atoms with Crippen LogP contribution in [0.5, 0.6) is 0 Å². The quantitative estimate of drug-likeness (QED) is 0.897. The van der Waals surface area contributed by atoms with Gasteiger partial charge in [0.15, 0.2) is 0 Å². The summed E-state index contributed by atoms with van der Waals surface area (Å²) >= 11 is 3.46. The molecule has 1 aromatic carbocycles. The van der Waals surface area contributed by atoms with Gasteiger partial charge >= 0.3 is 0 Å². The molecule has 2 N–H and O–H groups in total. The second-order valence-corrected chi connectivity index (χ2v) is 6.34. The number of nitrogens with one attached hydrogen (secondary N) is 2. The lowest BCUT2D eigenvalue weighted by Crippen LogP contribution is -2.48. The van der Waals surface area contributed by atoms with Gasteiger partial charge < -0.3 is 10.6 Å². The molecule has 0 aromatic heterocycles. The van der Waals surface area contributed by atoms with E-state index in [-0.39, 0.29) is 18.0 Å². The minimum Gasteiger partial charge on any atom is -0.348 e. The Bertz CT molecular complexity index is 450. The average Bonchev–Trinajstić information content (AvgIpc) is 2.38. The third-order valence-corrected chi connectivity index (χ3v) is 4.18. The molecule has 2 rings (SSSR count). The number of carbonyl (C=O) groups is 1. The molecule has 0 bridgehead atoms. The smallest absolute Gasteiger partial charge is 0.237 e. The zero-order valence-electron chi connectivity index (χ0n) is 11.4. The Morgan fingerprint density at radius 1 is 1.53 bits per heavy atom. The number of carbonyl (C=O) groups excluding carboxylic acids is 1. The van der Waals surface area contributed by atoms with Crippen molar-refractivity contribution in [3.05, 3.63) is 34.3 Å². The van der Waals surface area contributed by atoms with Gasteiger partial charge in [-0.2, -0.15) is 0 Å². The maximum Gasteiger partial charge on any atom is 0.237 e. The third kappa shape index (κ3) is 4.05. The van der Waals surface area contributed by atoms with E-state index in [2.05, 4.69) is 33.5 Å². The van der Waals surface area contributed by atoms with Crippen molar-refractivity contribution in [2.75, 3.05) is 6.54 Å². The highest BCUT2D eigenvalue weighted by Gasteiger charge is 2.25. The van der Waals surface area contributed by atoms with Crippen LogP contribution in [-0.2, 0) is 4.79 Å². The molecule has 3 nitrogen and oxygen atoms in total. The number of amides is 1. The van der Waals surface area contributed by atoms with Gasteiger partial charge in [0.2, 0.25) is 5.91 Å². The van der Waals surface area contributed by atoms with Crippen molar-refractivity contribution >= 4 is 21.8 Å². The van der Waals surface area contributed by atoms with Crippen molar-refractivity contribution < 1.29 is 4.79 Å². The van der Waals surface area contributed by atoms with Crippen LogP contribution in [0.4, 0.5) is 0 Å². The highest BCUT2D eigenvalue weighted by atomic mass is 79.9. The van der Waals surface area contributed by atoms with Gasteiger partial charge in [0, 0.05) is 4.47 Å². The topological polar surface area (TPSA) is 41.1 Å². The Labute approximate surface area is 123 Å². The molecule has 1 aliphatic rings. The fraction of sp³-hybridized carbons (Fsp3) is 0.533. The SMILES string of the molecule is CC1CCNC(C(=O)N[C@H](C)c2cccc(Br)c2)C1. The van der Waals surface area contributed by atoms with E-state index in [0.717, 1.165) is 29.4 Å². The largest absolute Gasteiger partial charge is 0.348 e. The van der Waals surface area contributed by atoms with Crippen LogP contribution in [0.2, 0.25) is 0 Å². The lowest BCUT2D eigenvalue weighted by molar-refractivity contribution is -0.124. The molecule has 1 heterocycles. The molecule has 104 valence electrons. The van der Waals surface area contributed by atoms with Crippen LogP contribution in [0.1, 0.15) is 38.3 Å². The van der Waals surface area contributed by atoms with Gasteiger partial charge in [0.25, 0.3) is 0 Å². The number of halogens is 1. The summed E-state index contributed by atoms with van der Waals surface area (Å²) in [5.74, 6) is 0.734. The summed E-state index contributed by atoms with van der Waals surface area (Å²) in [7, 11) is 0. The standard InChI is InChI=1S/C15H21BrN2O/c1-10-6-7-17-14(8-10)15(19)18-11(2)12-4-3-5-13(16)9-12/h3-5,9-11,14,17H,6-8H2,1-2H3,(H,18,19)/t10?,11-,14?/m1/s1. The normalized spacial score (nSPS) is 24.8. The molecule has 0 radical (unpaired) electrons. The van der Waals surface area contributed by atoms with Gasteiger partial charge in [-0.05, 0) is 49.9 Å². The molecule has 4 heteroatoms. The van der Waals surface area contributed by atoms with Crippen molar-refractivity contribution in [3.8, 4) is 0 Å². The van der Waals surface area contributed by atoms with Gasteiger partial charge in [-0.1, -0.05) is 35.0 Å². The van der Waals surface area contributed by atoms with E-state index in [1.807, 2.05) is 31.2 Å². The predicted molar refractivity (Wildman–Crippen MR) is 80.9 cm³/mol. The second kappa shape index (κ2) is 6.53. The van der Waals surface area contributed by atoms with Crippen LogP contribution < -0.4 is 10.6 Å². The summed E-state index contributed by atoms with van der Waals surface area (Å²) in [6.07, 6.45) is 2.09. The minimum absolute atomic E-state index is 0.0315. The average molecular weight is 325 g/mol. The molecule has 0 saturated carbocycles. The highest BCUT2D eigenvalue weighted by Crippen LogP contribution is 2.19. The predicted octanol–water partition coefficient (Wildman–Crippen LogP) is 3.01. The third-order valence-electron chi connectivity index (χ3n) is 3.69. The Morgan fingerprint density at radius 2 is 2.32 bits per heavy atom. The lowest BCUT2D eigenvalue weighted by atomic mass is 9.93. The molecule has 0 aliphatic carbocycles. The Hall–Kier alpha value is -0.870. The van der Waals surface area contributed by atoms with Crippen LogP contribution >= 0.6 is 15.9 Å². The molecule has 1 aromatic rings. The Kier molecular flexibility index (Phi) is 4.99. The van der Waals surface area contributed by atoms with Crippen LogP contribution in [-0.4, -0.2) is 18.5 Å². The molecule has 19 heavy (non-hydrogen) atoms. The van der Waals surface area contributed by atoms with E-state index in [1.165, 1.54) is 0 Å². The number of hydrogen-bond acceptors (Lipinski definition) is 2. The van der Waals surface area contributed by atoms with Gasteiger partial charge in [-0.25, -0.2) is 0 Å². The minimum atomic E-state index is -0.0432. The van der Waals surface area contributed by atoms with E-state index in [0.29, 0.717) is 5.92 Å². The van der Waals surface area contributed by atoms with Crippen molar-refractivity contribution in [2.45, 2.75) is 38.8 Å². The van der Waals surface area contributed by atoms with E-state index < -0.39 is 0 Å². The van der Waals surface area contributed by atoms with Crippen LogP contribution in [0.15, 0.2) is 28.7 Å². The summed E-state index contributed by atoms with van der Waals surface area (Å²) < 4.78 is 1.04. The summed E-state index contributed by atoms with van der Waals surface area (Å²) in [4.78, 5) is 12.2. The van der Waals surface area contributed by atoms with Crippen molar-refractivity contribution in [2.24, 2.45) is 5.92 Å². The number of hydrogen-bond donors (Lipinski definition) is 2. The van der Waals surface area contributed by atoms with Crippen molar-refractivity contribution in [1.29, 1.82) is 0 Å². The summed E-state index contributed by atoms with van der Waals surface area (Å²) in [6, 6.07) is 8.04. The molecular weight excluding hydrogens is 304 g/mol. The zero-order chi connectivity index (χ0) is 13.8. The van der Waals surface area contributed by atoms with Gasteiger partial charge in [-0.3, -0.25) is 4.79 Å². The number of piperidine rings is 1. The Balaban J connectivity index is 1.94. The van der Waals surface area contributed by atoms with Crippen LogP contribution in [0.25, 0.3) is 0 Å². The molecular formula is C15H21BrN2O.